The Morgan fingerprint density at radius 3 is 2.25 bits per heavy atom. The maximum atomic E-state index is 6.49. The molecule has 1 aliphatic rings. The minimum atomic E-state index is -0.0120. The molecule has 1 aliphatic heterocycles. The number of fused-ring (bicyclic) bond motifs is 4. The molecule has 0 aliphatic carbocycles. The molecule has 8 rings (SSSR count). The Kier molecular flexibility index (Phi) is 8.75. The Bertz CT molecular complexity index is 2400. The van der Waals surface area contributed by atoms with Crippen molar-refractivity contribution in [2.75, 3.05) is 9.80 Å². The molecule has 51 heavy (non-hydrogen) atoms. The predicted molar refractivity (Wildman–Crippen MR) is 202 cm³/mol. The molecule has 0 amide bonds. The van der Waals surface area contributed by atoms with Crippen LogP contribution in [0.15, 0.2) is 104 Å². The number of aryl methyl sites for hydroxylation is 1. The second kappa shape index (κ2) is 13.0. The Morgan fingerprint density at radius 1 is 0.686 bits per heavy atom. The number of anilines is 4. The van der Waals surface area contributed by atoms with Crippen LogP contribution in [-0.4, -0.2) is 19.5 Å². The second-order valence-corrected chi connectivity index (χ2v) is 14.9. The summed E-state index contributed by atoms with van der Waals surface area (Å²) < 4.78 is 8.66. The molecule has 5 heterocycles. The van der Waals surface area contributed by atoms with Crippen molar-refractivity contribution in [1.29, 1.82) is 0 Å². The van der Waals surface area contributed by atoms with Gasteiger partial charge in [-0.1, -0.05) is 71.3 Å². The summed E-state index contributed by atoms with van der Waals surface area (Å²) in [4.78, 5) is 18.4. The van der Waals surface area contributed by atoms with Crippen LogP contribution in [0.5, 0.6) is 11.5 Å². The SMILES string of the molecule is Cc1cc(C(C)(C)C)cnc1N1[CH-]N(c2[c-]c(Oc3[c-]c4c(cc3)c3ccccc3n4-c3cc(C(C)(C)C)ccn3)ccc2)c2cnccc21.[Pt]. The first-order chi connectivity index (χ1) is 24.0. The second-order valence-electron chi connectivity index (χ2n) is 14.9. The van der Waals surface area contributed by atoms with Crippen LogP contribution in [0.25, 0.3) is 27.6 Å². The van der Waals surface area contributed by atoms with Crippen molar-refractivity contribution in [2.45, 2.75) is 59.3 Å². The predicted octanol–water partition coefficient (Wildman–Crippen LogP) is 10.7. The summed E-state index contributed by atoms with van der Waals surface area (Å²) in [6.07, 6.45) is 7.55. The maximum absolute atomic E-state index is 6.49. The number of ether oxygens (including phenoxy) is 1. The standard InChI is InChI=1S/C43H39N6O.Pt/c1-28-21-30(43(5,6)7)25-46-41(28)48-27-47(39-26-44-19-18-37(39)48)31-11-10-12-32(23-31)50-33-15-16-35-34-13-8-9-14-36(34)49(38(35)24-33)40-22-29(17-20-45-40)42(2,3)4;/h8-22,25-27H,1-7H3;/q-3;. The molecule has 8 heteroatoms. The fraction of sp³-hybridized carbons (Fsp3) is 0.209. The normalized spacial score (nSPS) is 13.1. The molecule has 0 radical (unpaired) electrons. The first-order valence-corrected chi connectivity index (χ1v) is 16.9. The van der Waals surface area contributed by atoms with Gasteiger partial charge in [-0.15, -0.1) is 48.1 Å². The molecule has 260 valence electrons. The van der Waals surface area contributed by atoms with Crippen molar-refractivity contribution < 1.29 is 25.8 Å². The van der Waals surface area contributed by atoms with E-state index < -0.39 is 0 Å². The van der Waals surface area contributed by atoms with Crippen LogP contribution < -0.4 is 14.5 Å². The number of benzene rings is 3. The summed E-state index contributed by atoms with van der Waals surface area (Å²) in [7, 11) is 0. The molecular weight excluding hydrogens is 812 g/mol. The van der Waals surface area contributed by atoms with Gasteiger partial charge in [0.05, 0.1) is 5.69 Å². The summed E-state index contributed by atoms with van der Waals surface area (Å²) in [6.45, 7) is 17.4. The Labute approximate surface area is 314 Å². The van der Waals surface area contributed by atoms with Gasteiger partial charge in [0.25, 0.3) is 0 Å². The summed E-state index contributed by atoms with van der Waals surface area (Å²) in [5.41, 5.74) is 8.25. The molecule has 7 nitrogen and oxygen atoms in total. The summed E-state index contributed by atoms with van der Waals surface area (Å²) in [5, 5.41) is 2.23. The van der Waals surface area contributed by atoms with Crippen LogP contribution in [0, 0.1) is 25.7 Å². The van der Waals surface area contributed by atoms with Gasteiger partial charge >= 0.3 is 0 Å². The third kappa shape index (κ3) is 6.29. The first kappa shape index (κ1) is 34.4. The minimum absolute atomic E-state index is 0. The average Bonchev–Trinajstić information content (AvgIpc) is 3.64. The molecule has 0 fully saturated rings. The van der Waals surface area contributed by atoms with E-state index in [1.54, 1.807) is 0 Å². The van der Waals surface area contributed by atoms with Crippen molar-refractivity contribution in [3.63, 3.8) is 0 Å². The number of hydrogen-bond acceptors (Lipinski definition) is 6. The molecular formula is C43H39N6OPt-3. The van der Waals surface area contributed by atoms with Crippen LogP contribution in [0.2, 0.25) is 0 Å². The van der Waals surface area contributed by atoms with E-state index in [-0.39, 0.29) is 31.9 Å². The summed E-state index contributed by atoms with van der Waals surface area (Å²) >= 11 is 0. The molecule has 0 N–H and O–H groups in total. The van der Waals surface area contributed by atoms with E-state index in [0.29, 0.717) is 11.5 Å². The van der Waals surface area contributed by atoms with Gasteiger partial charge in [0.2, 0.25) is 0 Å². The quantitative estimate of drug-likeness (QED) is 0.161. The van der Waals surface area contributed by atoms with Crippen molar-refractivity contribution in [1.82, 2.24) is 19.5 Å². The number of pyridine rings is 3. The van der Waals surface area contributed by atoms with Gasteiger partial charge in [-0.2, -0.15) is 12.1 Å². The van der Waals surface area contributed by atoms with E-state index in [1.807, 2.05) is 61.8 Å². The number of aromatic nitrogens is 4. The molecule has 0 saturated heterocycles. The molecule has 3 aromatic carbocycles. The van der Waals surface area contributed by atoms with E-state index in [1.165, 1.54) is 11.1 Å². The fourth-order valence-corrected chi connectivity index (χ4v) is 6.53. The molecule has 0 bridgehead atoms. The van der Waals surface area contributed by atoms with Crippen LogP contribution in [0.3, 0.4) is 0 Å². The van der Waals surface area contributed by atoms with Crippen LogP contribution >= 0.6 is 0 Å². The van der Waals surface area contributed by atoms with Crippen LogP contribution in [0.1, 0.15) is 58.2 Å². The molecule has 0 saturated carbocycles. The van der Waals surface area contributed by atoms with Crippen LogP contribution in [0.4, 0.5) is 22.9 Å². The number of nitrogens with zero attached hydrogens (tertiary/aromatic N) is 6. The average molecular weight is 851 g/mol. The van der Waals surface area contributed by atoms with Gasteiger partial charge < -0.3 is 19.1 Å². The number of para-hydroxylation sites is 1. The van der Waals surface area contributed by atoms with Crippen molar-refractivity contribution in [3.05, 3.63) is 139 Å². The number of rotatable bonds is 5. The fourth-order valence-electron chi connectivity index (χ4n) is 6.53. The zero-order chi connectivity index (χ0) is 34.8. The van der Waals surface area contributed by atoms with Gasteiger partial charge in [-0.25, -0.2) is 9.97 Å². The molecule has 0 atom stereocenters. The van der Waals surface area contributed by atoms with E-state index in [2.05, 4.69) is 128 Å². The monoisotopic (exact) mass is 850 g/mol. The molecule has 0 spiro atoms. The van der Waals surface area contributed by atoms with E-state index >= 15 is 0 Å². The third-order valence-electron chi connectivity index (χ3n) is 9.30. The van der Waals surface area contributed by atoms with Gasteiger partial charge in [-0.05, 0) is 64.1 Å². The smallest absolute Gasteiger partial charge is 0.135 e. The van der Waals surface area contributed by atoms with E-state index in [9.17, 15) is 0 Å². The Hall–Kier alpha value is -5.00. The third-order valence-corrected chi connectivity index (χ3v) is 9.30. The summed E-state index contributed by atoms with van der Waals surface area (Å²) in [6, 6.07) is 34.0. The Balaban J connectivity index is 0.00000406. The Morgan fingerprint density at radius 2 is 1.47 bits per heavy atom. The van der Waals surface area contributed by atoms with Gasteiger partial charge in [-0.3, -0.25) is 4.98 Å². The first-order valence-electron chi connectivity index (χ1n) is 16.9. The van der Waals surface area contributed by atoms with Gasteiger partial charge in [0.1, 0.15) is 11.6 Å². The zero-order valence-corrected chi connectivity index (χ0v) is 32.1. The topological polar surface area (TPSA) is 59.3 Å². The van der Waals surface area contributed by atoms with Crippen molar-refractivity contribution >= 4 is 44.7 Å². The molecule has 4 aromatic heterocycles. The van der Waals surface area contributed by atoms with Gasteiger partial charge in [0.15, 0.2) is 0 Å². The number of hydrogen-bond donors (Lipinski definition) is 0. The largest absolute Gasteiger partial charge is 0.509 e. The van der Waals surface area contributed by atoms with E-state index in [0.717, 1.165) is 56.1 Å². The maximum Gasteiger partial charge on any atom is 0.135 e. The van der Waals surface area contributed by atoms with Crippen LogP contribution in [-0.2, 0) is 31.9 Å². The minimum Gasteiger partial charge on any atom is -0.509 e. The molecule has 7 aromatic rings. The summed E-state index contributed by atoms with van der Waals surface area (Å²) in [5.74, 6) is 2.90. The molecule has 0 unspecified atom stereocenters. The van der Waals surface area contributed by atoms with Crippen molar-refractivity contribution in [3.8, 4) is 17.3 Å². The van der Waals surface area contributed by atoms with Crippen molar-refractivity contribution in [2.24, 2.45) is 0 Å². The zero-order valence-electron chi connectivity index (χ0n) is 29.8. The van der Waals surface area contributed by atoms with Gasteiger partial charge in [0, 0.05) is 68.6 Å². The van der Waals surface area contributed by atoms with E-state index in [4.69, 9.17) is 14.7 Å².